The average molecular weight is 291 g/mol. The highest BCUT2D eigenvalue weighted by molar-refractivity contribution is 5.02. The SMILES string of the molecule is CCCC1CCC(C#N)C(N(C)CC2(N(C)C)CCC2)C1. The zero-order valence-corrected chi connectivity index (χ0v) is 14.4. The van der Waals surface area contributed by atoms with Crippen LogP contribution in [0.1, 0.15) is 58.3 Å². The van der Waals surface area contributed by atoms with E-state index in [1.165, 1.54) is 44.9 Å². The Labute approximate surface area is 131 Å². The maximum absolute atomic E-state index is 9.52. The molecule has 3 unspecified atom stereocenters. The summed E-state index contributed by atoms with van der Waals surface area (Å²) in [4.78, 5) is 4.94. The van der Waals surface area contributed by atoms with Crippen LogP contribution in [0.4, 0.5) is 0 Å². The fourth-order valence-electron chi connectivity index (χ4n) is 4.45. The molecule has 2 rings (SSSR count). The Bertz CT molecular complexity index is 367. The van der Waals surface area contributed by atoms with Crippen molar-refractivity contribution in [3.63, 3.8) is 0 Å². The van der Waals surface area contributed by atoms with E-state index in [0.29, 0.717) is 11.6 Å². The summed E-state index contributed by atoms with van der Waals surface area (Å²) in [6, 6.07) is 3.06. The molecule has 2 saturated carbocycles. The van der Waals surface area contributed by atoms with Gasteiger partial charge in [-0.25, -0.2) is 0 Å². The molecule has 0 aromatic rings. The zero-order chi connectivity index (χ0) is 15.5. The lowest BCUT2D eigenvalue weighted by molar-refractivity contribution is 0.000470. The van der Waals surface area contributed by atoms with Gasteiger partial charge in [-0.2, -0.15) is 5.26 Å². The summed E-state index contributed by atoms with van der Waals surface area (Å²) in [6.45, 7) is 3.41. The molecular weight excluding hydrogens is 258 g/mol. The van der Waals surface area contributed by atoms with Crippen molar-refractivity contribution >= 4 is 0 Å². The number of likely N-dealkylation sites (N-methyl/N-ethyl adjacent to an activating group) is 2. The van der Waals surface area contributed by atoms with Gasteiger partial charge in [0, 0.05) is 18.1 Å². The first-order chi connectivity index (χ1) is 10.0. The molecule has 0 aliphatic heterocycles. The third-order valence-electron chi connectivity index (χ3n) is 6.13. The van der Waals surface area contributed by atoms with Crippen LogP contribution in [0.25, 0.3) is 0 Å². The predicted octanol–water partition coefficient (Wildman–Crippen LogP) is 3.51. The van der Waals surface area contributed by atoms with Crippen LogP contribution in [0.15, 0.2) is 0 Å². The summed E-state index contributed by atoms with van der Waals surface area (Å²) in [6.07, 6.45) is 10.2. The standard InChI is InChI=1S/C18H33N3/c1-5-7-15-8-9-16(13-19)17(12-15)21(4)14-18(20(2)3)10-6-11-18/h15-17H,5-12,14H2,1-4H3. The van der Waals surface area contributed by atoms with E-state index in [4.69, 9.17) is 0 Å². The molecule has 0 amide bonds. The third kappa shape index (κ3) is 3.60. The molecule has 3 heteroatoms. The van der Waals surface area contributed by atoms with Crippen LogP contribution < -0.4 is 0 Å². The van der Waals surface area contributed by atoms with Crippen molar-refractivity contribution < 1.29 is 0 Å². The van der Waals surface area contributed by atoms with Crippen LogP contribution in [0.3, 0.4) is 0 Å². The number of hydrogen-bond acceptors (Lipinski definition) is 3. The van der Waals surface area contributed by atoms with Crippen molar-refractivity contribution in [1.29, 1.82) is 5.26 Å². The number of hydrogen-bond donors (Lipinski definition) is 0. The molecule has 0 heterocycles. The molecule has 3 nitrogen and oxygen atoms in total. The van der Waals surface area contributed by atoms with Gasteiger partial charge in [-0.1, -0.05) is 19.8 Å². The molecular formula is C18H33N3. The molecule has 2 fully saturated rings. The highest BCUT2D eigenvalue weighted by atomic mass is 15.2. The molecule has 2 aliphatic carbocycles. The molecule has 0 spiro atoms. The first kappa shape index (κ1) is 16.8. The Balaban J connectivity index is 2.00. The van der Waals surface area contributed by atoms with Gasteiger partial charge >= 0.3 is 0 Å². The second-order valence-electron chi connectivity index (χ2n) is 7.66. The lowest BCUT2D eigenvalue weighted by atomic mass is 9.73. The van der Waals surface area contributed by atoms with Gasteiger partial charge in [0.1, 0.15) is 0 Å². The van der Waals surface area contributed by atoms with Crippen LogP contribution in [0, 0.1) is 23.2 Å². The third-order valence-corrected chi connectivity index (χ3v) is 6.13. The largest absolute Gasteiger partial charge is 0.302 e. The molecule has 2 aliphatic rings. The molecule has 0 saturated heterocycles. The molecule has 0 radical (unpaired) electrons. The summed E-state index contributed by atoms with van der Waals surface area (Å²) < 4.78 is 0. The van der Waals surface area contributed by atoms with E-state index in [-0.39, 0.29) is 5.92 Å². The zero-order valence-electron chi connectivity index (χ0n) is 14.4. The quantitative estimate of drug-likeness (QED) is 0.750. The lowest BCUT2D eigenvalue weighted by Gasteiger charge is -2.51. The summed E-state index contributed by atoms with van der Waals surface area (Å²) >= 11 is 0. The fourth-order valence-corrected chi connectivity index (χ4v) is 4.45. The second-order valence-corrected chi connectivity index (χ2v) is 7.66. The summed E-state index contributed by atoms with van der Waals surface area (Å²) in [5, 5.41) is 9.52. The minimum absolute atomic E-state index is 0.238. The molecule has 21 heavy (non-hydrogen) atoms. The molecule has 0 aromatic heterocycles. The molecule has 0 aromatic carbocycles. The smallest absolute Gasteiger partial charge is 0.0672 e. The molecule has 0 N–H and O–H groups in total. The van der Waals surface area contributed by atoms with E-state index in [0.717, 1.165) is 18.9 Å². The normalized spacial score (nSPS) is 32.0. The highest BCUT2D eigenvalue weighted by Gasteiger charge is 2.42. The van der Waals surface area contributed by atoms with E-state index in [1.807, 2.05) is 0 Å². The second kappa shape index (κ2) is 7.11. The van der Waals surface area contributed by atoms with Crippen molar-refractivity contribution in [3.05, 3.63) is 0 Å². The molecule has 120 valence electrons. The minimum Gasteiger partial charge on any atom is -0.302 e. The lowest BCUT2D eigenvalue weighted by Crippen LogP contribution is -2.59. The summed E-state index contributed by atoms with van der Waals surface area (Å²) in [5.74, 6) is 1.08. The van der Waals surface area contributed by atoms with Gasteiger partial charge in [0.25, 0.3) is 0 Å². The average Bonchev–Trinajstić information content (AvgIpc) is 2.42. The van der Waals surface area contributed by atoms with Crippen molar-refractivity contribution in [2.45, 2.75) is 69.9 Å². The van der Waals surface area contributed by atoms with Crippen LogP contribution in [0.2, 0.25) is 0 Å². The van der Waals surface area contributed by atoms with E-state index in [1.54, 1.807) is 0 Å². The fraction of sp³-hybridized carbons (Fsp3) is 0.944. The predicted molar refractivity (Wildman–Crippen MR) is 88.0 cm³/mol. The Hall–Kier alpha value is -0.590. The van der Waals surface area contributed by atoms with Crippen molar-refractivity contribution in [2.24, 2.45) is 11.8 Å². The van der Waals surface area contributed by atoms with Gasteiger partial charge in [0.05, 0.1) is 12.0 Å². The van der Waals surface area contributed by atoms with Gasteiger partial charge < -0.3 is 9.80 Å². The number of nitriles is 1. The number of rotatable bonds is 6. The van der Waals surface area contributed by atoms with Gasteiger partial charge in [-0.15, -0.1) is 0 Å². The summed E-state index contributed by atoms with van der Waals surface area (Å²) in [5.41, 5.74) is 0.368. The topological polar surface area (TPSA) is 30.3 Å². The van der Waals surface area contributed by atoms with Crippen LogP contribution in [0.5, 0.6) is 0 Å². The molecule has 3 atom stereocenters. The first-order valence-corrected chi connectivity index (χ1v) is 8.79. The van der Waals surface area contributed by atoms with Crippen LogP contribution in [-0.2, 0) is 0 Å². The minimum atomic E-state index is 0.238. The van der Waals surface area contributed by atoms with Gasteiger partial charge in [-0.05, 0) is 65.6 Å². The Kier molecular flexibility index (Phi) is 5.68. The summed E-state index contributed by atoms with van der Waals surface area (Å²) in [7, 11) is 6.69. The van der Waals surface area contributed by atoms with E-state index >= 15 is 0 Å². The van der Waals surface area contributed by atoms with E-state index in [9.17, 15) is 5.26 Å². The van der Waals surface area contributed by atoms with E-state index in [2.05, 4.69) is 43.9 Å². The Morgan fingerprint density at radius 2 is 1.90 bits per heavy atom. The van der Waals surface area contributed by atoms with Gasteiger partial charge in [0.2, 0.25) is 0 Å². The molecule has 0 bridgehead atoms. The van der Waals surface area contributed by atoms with Gasteiger partial charge in [-0.3, -0.25) is 0 Å². The van der Waals surface area contributed by atoms with E-state index < -0.39 is 0 Å². The maximum atomic E-state index is 9.52. The van der Waals surface area contributed by atoms with Gasteiger partial charge in [0.15, 0.2) is 0 Å². The van der Waals surface area contributed by atoms with Crippen molar-refractivity contribution in [3.8, 4) is 6.07 Å². The van der Waals surface area contributed by atoms with Crippen LogP contribution in [-0.4, -0.2) is 49.1 Å². The Morgan fingerprint density at radius 3 is 2.38 bits per heavy atom. The Morgan fingerprint density at radius 1 is 1.19 bits per heavy atom. The maximum Gasteiger partial charge on any atom is 0.0672 e. The monoisotopic (exact) mass is 291 g/mol. The highest BCUT2D eigenvalue weighted by Crippen LogP contribution is 2.39. The van der Waals surface area contributed by atoms with Crippen LogP contribution >= 0.6 is 0 Å². The van der Waals surface area contributed by atoms with Crippen molar-refractivity contribution in [1.82, 2.24) is 9.80 Å². The van der Waals surface area contributed by atoms with Crippen molar-refractivity contribution in [2.75, 3.05) is 27.7 Å². The first-order valence-electron chi connectivity index (χ1n) is 8.79. The number of nitrogens with zero attached hydrogens (tertiary/aromatic N) is 3.